The number of amidine groups is 1. The molecule has 0 amide bonds. The largest absolute Gasteiger partial charge is 0.379 e. The smallest absolute Gasteiger partial charge is 0.294 e. The van der Waals surface area contributed by atoms with Crippen molar-refractivity contribution in [2.75, 3.05) is 0 Å². The minimum absolute atomic E-state index is 0.0666. The Kier molecular flexibility index (Phi) is 8.05. The lowest BCUT2D eigenvalue weighted by Crippen LogP contribution is -2.50. The van der Waals surface area contributed by atoms with Crippen molar-refractivity contribution in [1.82, 2.24) is 0 Å². The molecule has 0 radical (unpaired) electrons. The van der Waals surface area contributed by atoms with Crippen molar-refractivity contribution < 1.29 is 17.8 Å². The molecule has 1 unspecified atom stereocenters. The summed E-state index contributed by atoms with van der Waals surface area (Å²) in [5.74, 6) is 3.01. The van der Waals surface area contributed by atoms with Gasteiger partial charge >= 0.3 is 0 Å². The molecule has 4 aliphatic carbocycles. The summed E-state index contributed by atoms with van der Waals surface area (Å²) in [7, 11) is -4.02. The van der Waals surface area contributed by atoms with E-state index in [1.807, 2.05) is 13.8 Å². The summed E-state index contributed by atoms with van der Waals surface area (Å²) in [5.41, 5.74) is 8.83. The molecule has 0 spiro atoms. The van der Waals surface area contributed by atoms with Crippen LogP contribution in [0.4, 0.5) is 0 Å². The Morgan fingerprint density at radius 2 is 1.76 bits per heavy atom. The fraction of sp³-hybridized carbons (Fsp3) is 0.655. The fourth-order valence-electron chi connectivity index (χ4n) is 8.29. The molecule has 0 bridgehead atoms. The molecular weight excluding hydrogens is 504 g/mol. The van der Waals surface area contributed by atoms with E-state index < -0.39 is 10.1 Å². The first kappa shape index (κ1) is 28.4. The molecular formula is C29H42N2O4S2. The first-order valence-corrected chi connectivity index (χ1v) is 15.8. The monoisotopic (exact) mass is 546 g/mol. The molecule has 204 valence electrons. The molecule has 37 heavy (non-hydrogen) atoms. The second-order valence-electron chi connectivity index (χ2n) is 12.2. The van der Waals surface area contributed by atoms with E-state index in [9.17, 15) is 13.2 Å². The van der Waals surface area contributed by atoms with Crippen LogP contribution in [0.25, 0.3) is 0 Å². The van der Waals surface area contributed by atoms with E-state index in [-0.39, 0.29) is 15.5 Å². The molecule has 7 atom stereocenters. The molecule has 0 saturated heterocycles. The van der Waals surface area contributed by atoms with Gasteiger partial charge in [0.15, 0.2) is 5.17 Å². The summed E-state index contributed by atoms with van der Waals surface area (Å²) in [6, 6.07) is 5.99. The summed E-state index contributed by atoms with van der Waals surface area (Å²) in [6.45, 7) is 8.60. The van der Waals surface area contributed by atoms with Gasteiger partial charge in [-0.15, -0.1) is 0 Å². The van der Waals surface area contributed by atoms with E-state index in [4.69, 9.17) is 15.7 Å². The van der Waals surface area contributed by atoms with Crippen LogP contribution in [0.5, 0.6) is 0 Å². The van der Waals surface area contributed by atoms with Gasteiger partial charge in [-0.05, 0) is 106 Å². The number of nitrogens with two attached hydrogens (primary N) is 1. The third-order valence-electron chi connectivity index (χ3n) is 10.2. The van der Waals surface area contributed by atoms with Crippen LogP contribution in [0, 0.1) is 46.8 Å². The highest BCUT2D eigenvalue weighted by Crippen LogP contribution is 2.66. The summed E-state index contributed by atoms with van der Waals surface area (Å²) in [6.07, 6.45) is 12.2. The van der Waals surface area contributed by atoms with Gasteiger partial charge in [0.1, 0.15) is 5.78 Å². The predicted octanol–water partition coefficient (Wildman–Crippen LogP) is 6.39. The number of aryl methyl sites for hydroxylation is 1. The van der Waals surface area contributed by atoms with Crippen molar-refractivity contribution in [3.63, 3.8) is 0 Å². The van der Waals surface area contributed by atoms with Gasteiger partial charge in [0.25, 0.3) is 10.1 Å². The number of ketones is 1. The van der Waals surface area contributed by atoms with Crippen molar-refractivity contribution in [1.29, 1.82) is 5.41 Å². The van der Waals surface area contributed by atoms with Crippen LogP contribution < -0.4 is 5.73 Å². The molecule has 0 aliphatic heterocycles. The van der Waals surface area contributed by atoms with Crippen LogP contribution in [-0.2, 0) is 14.9 Å². The predicted molar refractivity (Wildman–Crippen MR) is 150 cm³/mol. The first-order chi connectivity index (χ1) is 17.3. The zero-order valence-corrected chi connectivity index (χ0v) is 24.1. The normalized spacial score (nSPS) is 36.7. The minimum Gasteiger partial charge on any atom is -0.379 e. The lowest BCUT2D eigenvalue weighted by atomic mass is 9.47. The number of fused-ring (bicyclic) bond motifs is 5. The van der Waals surface area contributed by atoms with Crippen molar-refractivity contribution in [3.05, 3.63) is 41.5 Å². The van der Waals surface area contributed by atoms with Crippen molar-refractivity contribution in [2.24, 2.45) is 40.2 Å². The number of carbonyl (C=O) groups is 1. The highest BCUT2D eigenvalue weighted by molar-refractivity contribution is 8.14. The minimum atomic E-state index is -4.02. The molecule has 3 fully saturated rings. The SMILES string of the molecule is CC(=O)[C@H]1CC[C@H]2[C@@H]3CC=C4CC(SC(=N)N)CC[C@]4(C)[C@H]3CC[C@]12C.Cc1ccc(S(=O)(=O)O)cc1. The van der Waals surface area contributed by atoms with Crippen LogP contribution in [0.1, 0.15) is 77.7 Å². The molecule has 0 aromatic heterocycles. The first-order valence-electron chi connectivity index (χ1n) is 13.5. The highest BCUT2D eigenvalue weighted by atomic mass is 32.2. The van der Waals surface area contributed by atoms with Crippen molar-refractivity contribution in [2.45, 2.75) is 89.2 Å². The van der Waals surface area contributed by atoms with Gasteiger partial charge in [0.05, 0.1) is 4.90 Å². The number of rotatable bonds is 3. The van der Waals surface area contributed by atoms with Gasteiger partial charge in [-0.25, -0.2) is 0 Å². The quantitative estimate of drug-likeness (QED) is 0.175. The van der Waals surface area contributed by atoms with Gasteiger partial charge in [0.2, 0.25) is 0 Å². The molecule has 1 aromatic rings. The average Bonchev–Trinajstić information content (AvgIpc) is 3.17. The standard InChI is InChI=1S/C22H34N2OS.C7H8O3S/c1-13(25)17-6-7-18-16-5-4-14-12-15(26-20(23)24)8-10-21(14,2)19(16)9-11-22(17,18)3;1-6-2-4-7(5-3-6)11(8,9)10/h4,15-19H,5-12H2,1-3H3,(H3,23,24);2-5H,1H3,(H,8,9,10)/t15?,16-,17+,18-,19-,21-,22+;/m0./s1. The third-order valence-corrected chi connectivity index (χ3v) is 12.0. The third kappa shape index (κ3) is 5.57. The maximum Gasteiger partial charge on any atom is 0.294 e. The molecule has 6 nitrogen and oxygen atoms in total. The molecule has 4 N–H and O–H groups in total. The lowest BCUT2D eigenvalue weighted by Gasteiger charge is -2.58. The van der Waals surface area contributed by atoms with Crippen LogP contribution >= 0.6 is 11.8 Å². The molecule has 0 heterocycles. The highest BCUT2D eigenvalue weighted by Gasteiger charge is 2.59. The Morgan fingerprint density at radius 1 is 1.08 bits per heavy atom. The number of hydrogen-bond acceptors (Lipinski definition) is 5. The lowest BCUT2D eigenvalue weighted by molar-refractivity contribution is -0.127. The van der Waals surface area contributed by atoms with Crippen molar-refractivity contribution >= 4 is 32.8 Å². The number of thioether (sulfide) groups is 1. The summed E-state index contributed by atoms with van der Waals surface area (Å²) < 4.78 is 29.6. The van der Waals surface area contributed by atoms with E-state index in [1.54, 1.807) is 29.5 Å². The number of benzene rings is 1. The molecule has 5 rings (SSSR count). The van der Waals surface area contributed by atoms with Crippen LogP contribution in [0.2, 0.25) is 0 Å². The zero-order chi connectivity index (χ0) is 27.2. The number of hydrogen-bond donors (Lipinski definition) is 3. The van der Waals surface area contributed by atoms with Gasteiger partial charge in [-0.3, -0.25) is 14.8 Å². The van der Waals surface area contributed by atoms with Crippen molar-refractivity contribution in [3.8, 4) is 0 Å². The number of allylic oxidation sites excluding steroid dienone is 2. The number of carbonyl (C=O) groups excluding carboxylic acids is 1. The van der Waals surface area contributed by atoms with Gasteiger partial charge in [-0.1, -0.05) is 55.0 Å². The summed E-state index contributed by atoms with van der Waals surface area (Å²) in [4.78, 5) is 12.2. The maximum absolute atomic E-state index is 12.2. The van der Waals surface area contributed by atoms with Crippen LogP contribution in [-0.4, -0.2) is 29.2 Å². The van der Waals surface area contributed by atoms with Crippen LogP contribution in [0.15, 0.2) is 40.8 Å². The van der Waals surface area contributed by atoms with Gasteiger partial charge < -0.3 is 5.73 Å². The van der Waals surface area contributed by atoms with Gasteiger partial charge in [-0.2, -0.15) is 8.42 Å². The van der Waals surface area contributed by atoms with E-state index in [2.05, 4.69) is 19.9 Å². The topological polar surface area (TPSA) is 121 Å². The summed E-state index contributed by atoms with van der Waals surface area (Å²) >= 11 is 1.56. The second kappa shape index (κ2) is 10.5. The number of nitrogens with one attached hydrogen (secondary N) is 1. The Labute approximate surface area is 226 Å². The second-order valence-corrected chi connectivity index (χ2v) is 14.9. The Balaban J connectivity index is 0.000000245. The Bertz CT molecular complexity index is 1180. The average molecular weight is 547 g/mol. The molecule has 8 heteroatoms. The van der Waals surface area contributed by atoms with Gasteiger partial charge in [0, 0.05) is 11.2 Å². The molecule has 3 saturated carbocycles. The molecule has 4 aliphatic rings. The van der Waals surface area contributed by atoms with E-state index in [1.165, 1.54) is 50.7 Å². The Hall–Kier alpha value is -1.64. The maximum atomic E-state index is 12.2. The van der Waals surface area contributed by atoms with E-state index in [0.29, 0.717) is 22.4 Å². The number of Topliss-reactive ketones (excluding diaryl/α,β-unsaturated/α-hetero) is 1. The van der Waals surface area contributed by atoms with Crippen LogP contribution in [0.3, 0.4) is 0 Å². The van der Waals surface area contributed by atoms with E-state index >= 15 is 0 Å². The van der Waals surface area contributed by atoms with E-state index in [0.717, 1.165) is 36.2 Å². The zero-order valence-electron chi connectivity index (χ0n) is 22.5. The summed E-state index contributed by atoms with van der Waals surface area (Å²) in [5, 5.41) is 8.37. The Morgan fingerprint density at radius 3 is 2.35 bits per heavy atom. The fourth-order valence-corrected chi connectivity index (χ4v) is 9.62. The molecule has 1 aromatic carbocycles.